The molecule has 0 amide bonds. The molecule has 3 rings (SSSR count). The number of unbranched alkanes of at least 4 members (excludes halogenated alkanes) is 1. The molecule has 182 valence electrons. The number of nitrogens with zero attached hydrogens (tertiary/aromatic N) is 1. The SMILES string of the molecule is CCCCc1ccc(N(C)c2ccc(Cl)cc2Oc2cc(C(F)(F)F)cc(C(F)(F)F)c2)cc1. The lowest BCUT2D eigenvalue weighted by molar-refractivity contribution is -0.143. The fraction of sp³-hybridized carbons (Fsp3) is 0.280. The maximum atomic E-state index is 13.2. The average Bonchev–Trinajstić information content (AvgIpc) is 2.76. The smallest absolute Gasteiger partial charge is 0.416 e. The van der Waals surface area contributed by atoms with Gasteiger partial charge in [0.15, 0.2) is 5.75 Å². The van der Waals surface area contributed by atoms with Crippen LogP contribution >= 0.6 is 11.6 Å². The minimum Gasteiger partial charge on any atom is -0.455 e. The van der Waals surface area contributed by atoms with Gasteiger partial charge in [0.25, 0.3) is 0 Å². The Kier molecular flexibility index (Phi) is 7.70. The summed E-state index contributed by atoms with van der Waals surface area (Å²) in [5.41, 5.74) is -0.590. The number of hydrogen-bond donors (Lipinski definition) is 0. The van der Waals surface area contributed by atoms with Crippen LogP contribution in [0.5, 0.6) is 11.5 Å². The summed E-state index contributed by atoms with van der Waals surface area (Å²) < 4.78 is 84.9. The highest BCUT2D eigenvalue weighted by atomic mass is 35.5. The van der Waals surface area contributed by atoms with Crippen molar-refractivity contribution in [2.24, 2.45) is 0 Å². The van der Waals surface area contributed by atoms with E-state index in [-0.39, 0.29) is 16.8 Å². The Hall–Kier alpha value is -2.87. The van der Waals surface area contributed by atoms with Crippen LogP contribution in [0.1, 0.15) is 36.5 Å². The summed E-state index contributed by atoms with van der Waals surface area (Å²) in [5, 5.41) is 0.213. The maximum Gasteiger partial charge on any atom is 0.416 e. The van der Waals surface area contributed by atoms with Gasteiger partial charge in [-0.05, 0) is 60.9 Å². The molecule has 0 aliphatic carbocycles. The van der Waals surface area contributed by atoms with Gasteiger partial charge in [-0.25, -0.2) is 0 Å². The van der Waals surface area contributed by atoms with E-state index in [2.05, 4.69) is 6.92 Å². The number of ether oxygens (including phenoxy) is 1. The summed E-state index contributed by atoms with van der Waals surface area (Å²) in [6.45, 7) is 2.10. The molecule has 0 unspecified atom stereocenters. The lowest BCUT2D eigenvalue weighted by Gasteiger charge is -2.23. The first-order valence-corrected chi connectivity index (χ1v) is 10.9. The van der Waals surface area contributed by atoms with Crippen molar-refractivity contribution >= 4 is 23.0 Å². The van der Waals surface area contributed by atoms with Gasteiger partial charge in [0.05, 0.1) is 16.8 Å². The summed E-state index contributed by atoms with van der Waals surface area (Å²) in [4.78, 5) is 1.72. The maximum absolute atomic E-state index is 13.2. The standard InChI is InChI=1S/C25H22ClF6NO/c1-3-4-5-16-6-9-20(10-7-16)33(2)22-11-8-19(26)15-23(22)34-21-13-17(24(27,28)29)12-18(14-21)25(30,31)32/h6-15H,3-5H2,1-2H3. The summed E-state index contributed by atoms with van der Waals surface area (Å²) >= 11 is 6.05. The van der Waals surface area contributed by atoms with Crippen LogP contribution in [0.3, 0.4) is 0 Å². The van der Waals surface area contributed by atoms with Crippen molar-refractivity contribution in [2.45, 2.75) is 38.5 Å². The van der Waals surface area contributed by atoms with E-state index in [9.17, 15) is 26.3 Å². The topological polar surface area (TPSA) is 12.5 Å². The highest BCUT2D eigenvalue weighted by Gasteiger charge is 2.37. The second-order valence-corrected chi connectivity index (χ2v) is 8.22. The summed E-state index contributed by atoms with van der Waals surface area (Å²) in [6.07, 6.45) is -6.90. The Morgan fingerprint density at radius 2 is 1.41 bits per heavy atom. The minimum absolute atomic E-state index is 0.0116. The third-order valence-corrected chi connectivity index (χ3v) is 5.45. The van der Waals surface area contributed by atoms with E-state index in [1.807, 2.05) is 24.3 Å². The third kappa shape index (κ3) is 6.38. The first-order chi connectivity index (χ1) is 15.9. The van der Waals surface area contributed by atoms with Gasteiger partial charge in [-0.1, -0.05) is 37.1 Å². The van der Waals surface area contributed by atoms with Gasteiger partial charge in [-0.2, -0.15) is 26.3 Å². The zero-order valence-corrected chi connectivity index (χ0v) is 19.2. The number of anilines is 2. The van der Waals surface area contributed by atoms with Crippen molar-refractivity contribution in [3.8, 4) is 11.5 Å². The number of halogens is 7. The van der Waals surface area contributed by atoms with Gasteiger partial charge in [0.2, 0.25) is 0 Å². The molecule has 0 aliphatic heterocycles. The monoisotopic (exact) mass is 501 g/mol. The number of hydrogen-bond acceptors (Lipinski definition) is 2. The number of benzene rings is 3. The molecule has 0 aliphatic rings. The van der Waals surface area contributed by atoms with Crippen LogP contribution in [0.2, 0.25) is 5.02 Å². The molecular weight excluding hydrogens is 480 g/mol. The highest BCUT2D eigenvalue weighted by molar-refractivity contribution is 6.30. The molecule has 9 heteroatoms. The lowest BCUT2D eigenvalue weighted by Crippen LogP contribution is -2.12. The van der Waals surface area contributed by atoms with Gasteiger partial charge in [0.1, 0.15) is 5.75 Å². The van der Waals surface area contributed by atoms with E-state index < -0.39 is 29.2 Å². The van der Waals surface area contributed by atoms with E-state index in [1.165, 1.54) is 6.07 Å². The van der Waals surface area contributed by atoms with Gasteiger partial charge in [0, 0.05) is 23.8 Å². The zero-order chi connectivity index (χ0) is 25.1. The molecule has 0 N–H and O–H groups in total. The van der Waals surface area contributed by atoms with Crippen LogP contribution in [0, 0.1) is 0 Å². The van der Waals surface area contributed by atoms with Crippen LogP contribution in [0.15, 0.2) is 60.7 Å². The predicted octanol–water partition coefficient (Wildman–Crippen LogP) is 9.28. The Bertz CT molecular complexity index is 1090. The number of aryl methyl sites for hydroxylation is 1. The molecule has 3 aromatic rings. The quantitative estimate of drug-likeness (QED) is 0.299. The molecule has 0 saturated heterocycles. The molecular formula is C25H22ClF6NO. The third-order valence-electron chi connectivity index (χ3n) is 5.21. The lowest BCUT2D eigenvalue weighted by atomic mass is 10.1. The van der Waals surface area contributed by atoms with Gasteiger partial charge in [-0.3, -0.25) is 0 Å². The molecule has 0 bridgehead atoms. The summed E-state index contributed by atoms with van der Waals surface area (Å²) in [6, 6.07) is 13.3. The van der Waals surface area contributed by atoms with E-state index in [4.69, 9.17) is 16.3 Å². The molecule has 0 fully saturated rings. The second-order valence-electron chi connectivity index (χ2n) is 7.78. The molecule has 0 spiro atoms. The molecule has 0 radical (unpaired) electrons. The summed E-state index contributed by atoms with van der Waals surface area (Å²) in [5.74, 6) is -0.591. The van der Waals surface area contributed by atoms with Crippen molar-refractivity contribution in [3.05, 3.63) is 82.4 Å². The van der Waals surface area contributed by atoms with E-state index in [0.717, 1.165) is 30.5 Å². The van der Waals surface area contributed by atoms with E-state index in [0.29, 0.717) is 17.8 Å². The fourth-order valence-electron chi connectivity index (χ4n) is 3.37. The van der Waals surface area contributed by atoms with Crippen molar-refractivity contribution in [1.29, 1.82) is 0 Å². The Morgan fingerprint density at radius 1 is 0.824 bits per heavy atom. The second kappa shape index (κ2) is 10.2. The molecule has 0 atom stereocenters. The number of rotatable bonds is 7. The molecule has 34 heavy (non-hydrogen) atoms. The van der Waals surface area contributed by atoms with Crippen LogP contribution in [0.4, 0.5) is 37.7 Å². The largest absolute Gasteiger partial charge is 0.455 e. The first-order valence-electron chi connectivity index (χ1n) is 10.5. The molecule has 2 nitrogen and oxygen atoms in total. The van der Waals surface area contributed by atoms with Crippen molar-refractivity contribution in [2.75, 3.05) is 11.9 Å². The fourth-order valence-corrected chi connectivity index (χ4v) is 3.53. The van der Waals surface area contributed by atoms with Gasteiger partial charge >= 0.3 is 12.4 Å². The van der Waals surface area contributed by atoms with Crippen LogP contribution in [-0.4, -0.2) is 7.05 Å². The number of alkyl halides is 6. The Balaban J connectivity index is 1.98. The Labute approximate surface area is 198 Å². The van der Waals surface area contributed by atoms with Gasteiger partial charge in [-0.15, -0.1) is 0 Å². The average molecular weight is 502 g/mol. The normalized spacial score (nSPS) is 12.0. The minimum atomic E-state index is -4.98. The van der Waals surface area contributed by atoms with Crippen LogP contribution in [-0.2, 0) is 18.8 Å². The predicted molar refractivity (Wildman–Crippen MR) is 121 cm³/mol. The van der Waals surface area contributed by atoms with Crippen molar-refractivity contribution in [3.63, 3.8) is 0 Å². The summed E-state index contributed by atoms with van der Waals surface area (Å²) in [7, 11) is 1.71. The van der Waals surface area contributed by atoms with Crippen molar-refractivity contribution in [1.82, 2.24) is 0 Å². The molecule has 0 aromatic heterocycles. The Morgan fingerprint density at radius 3 is 1.94 bits per heavy atom. The highest BCUT2D eigenvalue weighted by Crippen LogP contribution is 2.42. The van der Waals surface area contributed by atoms with E-state index in [1.54, 1.807) is 24.1 Å². The molecule has 0 heterocycles. The van der Waals surface area contributed by atoms with Crippen LogP contribution < -0.4 is 9.64 Å². The molecule has 3 aromatic carbocycles. The van der Waals surface area contributed by atoms with E-state index >= 15 is 0 Å². The first kappa shape index (κ1) is 25.7. The van der Waals surface area contributed by atoms with Gasteiger partial charge < -0.3 is 9.64 Å². The molecule has 0 saturated carbocycles. The van der Waals surface area contributed by atoms with Crippen LogP contribution in [0.25, 0.3) is 0 Å². The van der Waals surface area contributed by atoms with Crippen molar-refractivity contribution < 1.29 is 31.1 Å². The zero-order valence-electron chi connectivity index (χ0n) is 18.4.